The Morgan fingerprint density at radius 1 is 1.35 bits per heavy atom. The molecule has 1 aromatic heterocycles. The number of rotatable bonds is 3. The Kier molecular flexibility index (Phi) is 3.97. The molecule has 0 atom stereocenters. The lowest BCUT2D eigenvalue weighted by atomic mass is 10.2. The van der Waals surface area contributed by atoms with Gasteiger partial charge in [-0.25, -0.2) is 9.97 Å². The van der Waals surface area contributed by atoms with Crippen LogP contribution in [0.5, 0.6) is 0 Å². The molecule has 0 bridgehead atoms. The third-order valence-electron chi connectivity index (χ3n) is 2.19. The minimum Gasteiger partial charge on any atom is -0.370 e. The molecule has 0 aliphatic carbocycles. The number of anilines is 1. The van der Waals surface area contributed by atoms with Gasteiger partial charge in [-0.1, -0.05) is 11.6 Å². The highest BCUT2D eigenvalue weighted by molar-refractivity contribution is 9.10. The number of benzene rings is 1. The molecule has 0 radical (unpaired) electrons. The number of hydrogen-bond donors (Lipinski definition) is 1. The lowest BCUT2D eigenvalue weighted by Crippen LogP contribution is -2.00. The SMILES string of the molecule is CCNc1ccnc(-c2ccc(Cl)cc2Br)n1. The van der Waals surface area contributed by atoms with Crippen LogP contribution in [0.2, 0.25) is 5.02 Å². The highest BCUT2D eigenvalue weighted by atomic mass is 79.9. The van der Waals surface area contributed by atoms with Gasteiger partial charge in [-0.15, -0.1) is 0 Å². The number of halogens is 2. The lowest BCUT2D eigenvalue weighted by Gasteiger charge is -2.06. The molecule has 0 fully saturated rings. The van der Waals surface area contributed by atoms with Gasteiger partial charge in [-0.05, 0) is 47.1 Å². The zero-order chi connectivity index (χ0) is 12.3. The molecule has 0 aliphatic rings. The first-order valence-corrected chi connectivity index (χ1v) is 6.40. The van der Waals surface area contributed by atoms with Crippen LogP contribution in [0.3, 0.4) is 0 Å². The fraction of sp³-hybridized carbons (Fsp3) is 0.167. The fourth-order valence-electron chi connectivity index (χ4n) is 1.44. The van der Waals surface area contributed by atoms with Crippen LogP contribution in [0.15, 0.2) is 34.9 Å². The summed E-state index contributed by atoms with van der Waals surface area (Å²) in [4.78, 5) is 8.69. The predicted octanol–water partition coefficient (Wildman–Crippen LogP) is 3.99. The van der Waals surface area contributed by atoms with Crippen molar-refractivity contribution in [1.82, 2.24) is 9.97 Å². The molecule has 0 amide bonds. The van der Waals surface area contributed by atoms with Crippen LogP contribution < -0.4 is 5.32 Å². The van der Waals surface area contributed by atoms with E-state index < -0.39 is 0 Å². The number of nitrogens with one attached hydrogen (secondary N) is 1. The Hall–Kier alpha value is -1.13. The second-order valence-electron chi connectivity index (χ2n) is 3.42. The monoisotopic (exact) mass is 311 g/mol. The molecule has 17 heavy (non-hydrogen) atoms. The second-order valence-corrected chi connectivity index (χ2v) is 4.71. The average molecular weight is 313 g/mol. The van der Waals surface area contributed by atoms with Crippen molar-refractivity contribution in [2.75, 3.05) is 11.9 Å². The zero-order valence-electron chi connectivity index (χ0n) is 9.24. The van der Waals surface area contributed by atoms with Gasteiger partial charge in [0.15, 0.2) is 5.82 Å². The highest BCUT2D eigenvalue weighted by Crippen LogP contribution is 2.28. The van der Waals surface area contributed by atoms with Crippen LogP contribution in [-0.4, -0.2) is 16.5 Å². The summed E-state index contributed by atoms with van der Waals surface area (Å²) in [5, 5.41) is 3.84. The summed E-state index contributed by atoms with van der Waals surface area (Å²) in [5.74, 6) is 1.49. The van der Waals surface area contributed by atoms with Crippen molar-refractivity contribution < 1.29 is 0 Å². The topological polar surface area (TPSA) is 37.8 Å². The summed E-state index contributed by atoms with van der Waals surface area (Å²) in [7, 11) is 0. The molecule has 0 aliphatic heterocycles. The molecular weight excluding hydrogens is 302 g/mol. The number of aromatic nitrogens is 2. The van der Waals surface area contributed by atoms with Gasteiger partial charge in [-0.3, -0.25) is 0 Å². The molecule has 2 aromatic rings. The molecule has 5 heteroatoms. The van der Waals surface area contributed by atoms with Crippen molar-refractivity contribution in [3.8, 4) is 11.4 Å². The molecule has 0 unspecified atom stereocenters. The normalized spacial score (nSPS) is 10.3. The summed E-state index contributed by atoms with van der Waals surface area (Å²) in [5.41, 5.74) is 0.925. The van der Waals surface area contributed by atoms with Crippen LogP contribution in [0.1, 0.15) is 6.92 Å². The van der Waals surface area contributed by atoms with E-state index in [9.17, 15) is 0 Å². The van der Waals surface area contributed by atoms with Gasteiger partial charge in [0, 0.05) is 27.8 Å². The quantitative estimate of drug-likeness (QED) is 0.931. The van der Waals surface area contributed by atoms with E-state index in [1.807, 2.05) is 31.2 Å². The number of hydrogen-bond acceptors (Lipinski definition) is 3. The van der Waals surface area contributed by atoms with Gasteiger partial charge < -0.3 is 5.32 Å². The van der Waals surface area contributed by atoms with Crippen LogP contribution in [0, 0.1) is 0 Å². The summed E-state index contributed by atoms with van der Waals surface area (Å²) in [6.07, 6.45) is 1.74. The van der Waals surface area contributed by atoms with Gasteiger partial charge in [-0.2, -0.15) is 0 Å². The Bertz CT molecular complexity index is 531. The van der Waals surface area contributed by atoms with E-state index in [2.05, 4.69) is 31.2 Å². The summed E-state index contributed by atoms with van der Waals surface area (Å²) < 4.78 is 0.888. The van der Waals surface area contributed by atoms with Crippen molar-refractivity contribution >= 4 is 33.3 Å². The van der Waals surface area contributed by atoms with Crippen molar-refractivity contribution in [1.29, 1.82) is 0 Å². The minimum atomic E-state index is 0.673. The Labute approximate surface area is 113 Å². The Morgan fingerprint density at radius 3 is 2.88 bits per heavy atom. The summed E-state index contributed by atoms with van der Waals surface area (Å²) >= 11 is 9.36. The van der Waals surface area contributed by atoms with Gasteiger partial charge in [0.1, 0.15) is 5.82 Å². The standard InChI is InChI=1S/C12H11BrClN3/c1-2-15-11-5-6-16-12(17-11)9-4-3-8(14)7-10(9)13/h3-7H,2H2,1H3,(H,15,16,17). The van der Waals surface area contributed by atoms with Crippen molar-refractivity contribution in [2.45, 2.75) is 6.92 Å². The minimum absolute atomic E-state index is 0.673. The van der Waals surface area contributed by atoms with Crippen LogP contribution in [-0.2, 0) is 0 Å². The van der Waals surface area contributed by atoms with E-state index in [0.29, 0.717) is 10.8 Å². The van der Waals surface area contributed by atoms with E-state index in [4.69, 9.17) is 11.6 Å². The number of nitrogens with zero attached hydrogens (tertiary/aromatic N) is 2. The summed E-state index contributed by atoms with van der Waals surface area (Å²) in [6.45, 7) is 2.86. The van der Waals surface area contributed by atoms with Crippen molar-refractivity contribution in [3.63, 3.8) is 0 Å². The molecule has 3 nitrogen and oxygen atoms in total. The lowest BCUT2D eigenvalue weighted by molar-refractivity contribution is 1.12. The maximum absolute atomic E-state index is 5.90. The smallest absolute Gasteiger partial charge is 0.162 e. The second kappa shape index (κ2) is 5.47. The molecule has 0 saturated heterocycles. The Balaban J connectivity index is 2.42. The average Bonchev–Trinajstić information content (AvgIpc) is 2.29. The van der Waals surface area contributed by atoms with Gasteiger partial charge in [0.05, 0.1) is 0 Å². The third-order valence-corrected chi connectivity index (χ3v) is 3.08. The first kappa shape index (κ1) is 12.3. The van der Waals surface area contributed by atoms with E-state index >= 15 is 0 Å². The van der Waals surface area contributed by atoms with Gasteiger partial charge >= 0.3 is 0 Å². The van der Waals surface area contributed by atoms with E-state index in [0.717, 1.165) is 22.4 Å². The maximum Gasteiger partial charge on any atom is 0.162 e. The first-order chi connectivity index (χ1) is 8.20. The van der Waals surface area contributed by atoms with Crippen molar-refractivity contribution in [2.24, 2.45) is 0 Å². The summed E-state index contributed by atoms with van der Waals surface area (Å²) in [6, 6.07) is 7.40. The molecular formula is C12H11BrClN3. The maximum atomic E-state index is 5.90. The van der Waals surface area contributed by atoms with Crippen LogP contribution in [0.25, 0.3) is 11.4 Å². The van der Waals surface area contributed by atoms with E-state index in [-0.39, 0.29) is 0 Å². The van der Waals surface area contributed by atoms with Gasteiger partial charge in [0.2, 0.25) is 0 Å². The molecule has 2 rings (SSSR count). The van der Waals surface area contributed by atoms with Crippen LogP contribution in [0.4, 0.5) is 5.82 Å². The predicted molar refractivity (Wildman–Crippen MR) is 74.3 cm³/mol. The molecule has 88 valence electrons. The van der Waals surface area contributed by atoms with E-state index in [1.165, 1.54) is 0 Å². The molecule has 0 saturated carbocycles. The molecule has 1 N–H and O–H groups in total. The van der Waals surface area contributed by atoms with Crippen molar-refractivity contribution in [3.05, 3.63) is 40.0 Å². The van der Waals surface area contributed by atoms with Crippen LogP contribution >= 0.6 is 27.5 Å². The zero-order valence-corrected chi connectivity index (χ0v) is 11.6. The Morgan fingerprint density at radius 2 is 2.18 bits per heavy atom. The third kappa shape index (κ3) is 2.96. The van der Waals surface area contributed by atoms with E-state index in [1.54, 1.807) is 6.20 Å². The fourth-order valence-corrected chi connectivity index (χ4v) is 2.30. The first-order valence-electron chi connectivity index (χ1n) is 5.23. The molecule has 1 aromatic carbocycles. The molecule has 0 spiro atoms. The largest absolute Gasteiger partial charge is 0.370 e. The molecule has 1 heterocycles. The van der Waals surface area contributed by atoms with Gasteiger partial charge in [0.25, 0.3) is 0 Å². The highest BCUT2D eigenvalue weighted by Gasteiger charge is 2.07.